The van der Waals surface area contributed by atoms with Gasteiger partial charge in [-0.3, -0.25) is 9.59 Å². The van der Waals surface area contributed by atoms with Gasteiger partial charge in [0, 0.05) is 22.1 Å². The molecule has 7 heteroatoms. The maximum absolute atomic E-state index is 14.2. The number of hydrogen-bond acceptors (Lipinski definition) is 5. The molecule has 0 radical (unpaired) electrons. The van der Waals surface area contributed by atoms with Crippen LogP contribution in [0.1, 0.15) is 73.2 Å². The van der Waals surface area contributed by atoms with Crippen LogP contribution in [0.4, 0.5) is 0 Å². The fourth-order valence-corrected chi connectivity index (χ4v) is 5.96. The summed E-state index contributed by atoms with van der Waals surface area (Å²) in [5.74, 6) is -1.87. The predicted octanol–water partition coefficient (Wildman–Crippen LogP) is 5.86. The van der Waals surface area contributed by atoms with Crippen molar-refractivity contribution >= 4 is 34.8 Å². The van der Waals surface area contributed by atoms with Gasteiger partial charge >= 0.3 is 0 Å². The molecule has 1 aliphatic heterocycles. The summed E-state index contributed by atoms with van der Waals surface area (Å²) in [6, 6.07) is 1.25. The summed E-state index contributed by atoms with van der Waals surface area (Å²) in [7, 11) is 0. The highest BCUT2D eigenvalue weighted by Gasteiger charge is 2.60. The van der Waals surface area contributed by atoms with Gasteiger partial charge in [-0.15, -0.1) is 23.2 Å². The first kappa shape index (κ1) is 24.3. The standard InChI is InChI=1S/C26H30Cl2O5/c1-12-7-8-18(27)24(3,4)16(12)11-26-15(10-19(28)25(5,6)33-26)22(31)20-14(23(26)32)9-17(29)13(2)21(20)30/h9-10,16,18-19,29-30H,1,7-8,11H2,2-6H3/t16?,18?,19-,26-/m1/s1. The van der Waals surface area contributed by atoms with Gasteiger partial charge in [0.1, 0.15) is 11.5 Å². The third-order valence-corrected chi connectivity index (χ3v) is 9.30. The molecule has 2 N–H and O–H groups in total. The van der Waals surface area contributed by atoms with E-state index in [1.807, 2.05) is 13.8 Å². The van der Waals surface area contributed by atoms with E-state index in [0.29, 0.717) is 0 Å². The van der Waals surface area contributed by atoms with E-state index in [0.717, 1.165) is 18.4 Å². The Morgan fingerprint density at radius 2 is 1.82 bits per heavy atom. The van der Waals surface area contributed by atoms with Gasteiger partial charge in [-0.25, -0.2) is 0 Å². The maximum atomic E-state index is 14.2. The number of Topliss-reactive ketones (excluding diaryl/α,β-unsaturated/α-hetero) is 2. The minimum absolute atomic E-state index is 0.0526. The number of ketones is 2. The third kappa shape index (κ3) is 3.38. The Balaban J connectivity index is 1.97. The molecule has 1 fully saturated rings. The van der Waals surface area contributed by atoms with Crippen molar-refractivity contribution in [3.05, 3.63) is 46.6 Å². The minimum atomic E-state index is -1.63. The Bertz CT molecular complexity index is 1120. The monoisotopic (exact) mass is 492 g/mol. The molecule has 4 rings (SSSR count). The molecular weight excluding hydrogens is 463 g/mol. The number of allylic oxidation sites excluding steroid dienone is 1. The van der Waals surface area contributed by atoms with E-state index in [2.05, 4.69) is 6.58 Å². The number of alkyl halides is 2. The summed E-state index contributed by atoms with van der Waals surface area (Å²) in [5, 5.41) is 20.2. The van der Waals surface area contributed by atoms with E-state index in [4.69, 9.17) is 27.9 Å². The first-order valence-corrected chi connectivity index (χ1v) is 12.1. The molecule has 0 spiro atoms. The van der Waals surface area contributed by atoms with Gasteiger partial charge in [0.15, 0.2) is 17.2 Å². The van der Waals surface area contributed by atoms with Gasteiger partial charge in [0.05, 0.1) is 16.5 Å². The molecule has 178 valence electrons. The van der Waals surface area contributed by atoms with Crippen LogP contribution in [-0.2, 0) is 4.74 Å². The van der Waals surface area contributed by atoms with Gasteiger partial charge in [-0.1, -0.05) is 32.1 Å². The number of phenolic OH excluding ortho intramolecular Hbond substituents is 2. The van der Waals surface area contributed by atoms with Crippen LogP contribution in [0.15, 0.2) is 29.9 Å². The smallest absolute Gasteiger partial charge is 0.200 e. The van der Waals surface area contributed by atoms with Crippen molar-refractivity contribution in [2.24, 2.45) is 11.3 Å². The second kappa shape index (κ2) is 7.59. The van der Waals surface area contributed by atoms with Gasteiger partial charge in [0.25, 0.3) is 0 Å². The van der Waals surface area contributed by atoms with Gasteiger partial charge in [0.2, 0.25) is 0 Å². The number of benzene rings is 1. The second-order valence-electron chi connectivity index (χ2n) is 10.7. The third-order valence-electron chi connectivity index (χ3n) is 7.87. The summed E-state index contributed by atoms with van der Waals surface area (Å²) >= 11 is 13.3. The minimum Gasteiger partial charge on any atom is -0.508 e. The molecule has 33 heavy (non-hydrogen) atoms. The molecule has 1 heterocycles. The molecular formula is C26H30Cl2O5. The molecule has 3 aliphatic rings. The molecule has 2 aliphatic carbocycles. The van der Waals surface area contributed by atoms with Crippen molar-refractivity contribution in [2.75, 3.05) is 0 Å². The molecule has 0 amide bonds. The average Bonchev–Trinajstić information content (AvgIpc) is 2.72. The average molecular weight is 493 g/mol. The molecule has 4 atom stereocenters. The van der Waals surface area contributed by atoms with E-state index in [-0.39, 0.29) is 45.7 Å². The molecule has 1 aromatic carbocycles. The number of carbonyl (C=O) groups is 2. The van der Waals surface area contributed by atoms with Crippen molar-refractivity contribution < 1.29 is 24.5 Å². The van der Waals surface area contributed by atoms with Crippen LogP contribution in [-0.4, -0.2) is 43.7 Å². The first-order valence-electron chi connectivity index (χ1n) is 11.2. The number of carbonyl (C=O) groups excluding carboxylic acids is 2. The van der Waals surface area contributed by atoms with Crippen molar-refractivity contribution in [1.29, 1.82) is 0 Å². The highest BCUT2D eigenvalue weighted by molar-refractivity contribution is 6.30. The van der Waals surface area contributed by atoms with Crippen molar-refractivity contribution in [1.82, 2.24) is 0 Å². The first-order chi connectivity index (χ1) is 15.1. The number of phenols is 2. The van der Waals surface area contributed by atoms with Crippen LogP contribution in [0.3, 0.4) is 0 Å². The summed E-state index contributed by atoms with van der Waals surface area (Å²) in [5.41, 5.74) is -1.94. The number of rotatable bonds is 2. The van der Waals surface area contributed by atoms with Crippen LogP contribution in [0.2, 0.25) is 0 Å². The van der Waals surface area contributed by atoms with Crippen LogP contribution in [0, 0.1) is 18.3 Å². The summed E-state index contributed by atoms with van der Waals surface area (Å²) < 4.78 is 6.49. The zero-order valence-electron chi connectivity index (χ0n) is 19.6. The number of ether oxygens (including phenoxy) is 1. The molecule has 2 unspecified atom stereocenters. The van der Waals surface area contributed by atoms with E-state index in [1.54, 1.807) is 19.9 Å². The topological polar surface area (TPSA) is 83.8 Å². The fraction of sp³-hybridized carbons (Fsp3) is 0.538. The highest BCUT2D eigenvalue weighted by atomic mass is 35.5. The largest absolute Gasteiger partial charge is 0.508 e. The van der Waals surface area contributed by atoms with Crippen molar-refractivity contribution in [2.45, 2.75) is 75.8 Å². The van der Waals surface area contributed by atoms with Gasteiger partial charge < -0.3 is 14.9 Å². The molecule has 0 aromatic heterocycles. The number of aromatic hydroxyl groups is 2. The molecule has 5 nitrogen and oxygen atoms in total. The summed E-state index contributed by atoms with van der Waals surface area (Å²) in [4.78, 5) is 27.9. The van der Waals surface area contributed by atoms with Gasteiger partial charge in [-0.2, -0.15) is 0 Å². The van der Waals surface area contributed by atoms with Crippen LogP contribution in [0.25, 0.3) is 0 Å². The van der Waals surface area contributed by atoms with Crippen molar-refractivity contribution in [3.8, 4) is 11.5 Å². The Morgan fingerprint density at radius 1 is 1.18 bits per heavy atom. The lowest BCUT2D eigenvalue weighted by molar-refractivity contribution is -0.116. The quantitative estimate of drug-likeness (QED) is 0.399. The summed E-state index contributed by atoms with van der Waals surface area (Å²) in [6.45, 7) is 13.4. The van der Waals surface area contributed by atoms with Crippen LogP contribution >= 0.6 is 23.2 Å². The van der Waals surface area contributed by atoms with E-state index < -0.39 is 39.3 Å². The molecule has 1 saturated carbocycles. The van der Waals surface area contributed by atoms with Crippen LogP contribution < -0.4 is 0 Å². The maximum Gasteiger partial charge on any atom is 0.200 e. The van der Waals surface area contributed by atoms with Crippen molar-refractivity contribution in [3.63, 3.8) is 0 Å². The van der Waals surface area contributed by atoms with E-state index in [1.165, 1.54) is 13.0 Å². The zero-order valence-corrected chi connectivity index (χ0v) is 21.1. The van der Waals surface area contributed by atoms with Gasteiger partial charge in [-0.05, 0) is 57.4 Å². The highest BCUT2D eigenvalue weighted by Crippen LogP contribution is 2.55. The normalized spacial score (nSPS) is 32.8. The number of hydrogen-bond donors (Lipinski definition) is 2. The van der Waals surface area contributed by atoms with Crippen LogP contribution in [0.5, 0.6) is 11.5 Å². The zero-order chi connectivity index (χ0) is 24.7. The SMILES string of the molecule is C=C1CCC(Cl)C(C)(C)C1C[C@@]12OC(C)(C)[C@H](Cl)C=C1C(=O)c1c(cc(O)c(C)c1O)C2=O. The lowest BCUT2D eigenvalue weighted by atomic mass is 9.59. The number of fused-ring (bicyclic) bond motifs is 2. The summed E-state index contributed by atoms with van der Waals surface area (Å²) in [6.07, 6.45) is 3.26. The Hall–Kier alpha value is -1.82. The number of halogens is 2. The second-order valence-corrected chi connectivity index (χ2v) is 11.7. The van der Waals surface area contributed by atoms with E-state index in [9.17, 15) is 19.8 Å². The molecule has 1 aromatic rings. The Kier molecular flexibility index (Phi) is 5.59. The lowest BCUT2D eigenvalue weighted by Crippen LogP contribution is -2.60. The molecule has 0 saturated heterocycles. The Labute approximate surface area is 204 Å². The Morgan fingerprint density at radius 3 is 2.45 bits per heavy atom. The van der Waals surface area contributed by atoms with E-state index >= 15 is 0 Å². The molecule has 0 bridgehead atoms. The lowest BCUT2D eigenvalue weighted by Gasteiger charge is -2.52. The fourth-order valence-electron chi connectivity index (χ4n) is 5.53. The predicted molar refractivity (Wildman–Crippen MR) is 129 cm³/mol.